The number of hydrogen-bond acceptors (Lipinski definition) is 4. The fourth-order valence-corrected chi connectivity index (χ4v) is 1.49. The highest BCUT2D eigenvalue weighted by Gasteiger charge is 2.13. The van der Waals surface area contributed by atoms with Gasteiger partial charge in [-0.2, -0.15) is 0 Å². The number of benzene rings is 1. The van der Waals surface area contributed by atoms with E-state index in [9.17, 15) is 0 Å². The van der Waals surface area contributed by atoms with Crippen LogP contribution in [0.1, 0.15) is 19.4 Å². The fourth-order valence-electron chi connectivity index (χ4n) is 1.49. The largest absolute Gasteiger partial charge is 0.493 e. The number of ether oxygens (including phenoxy) is 3. The molecule has 0 atom stereocenters. The van der Waals surface area contributed by atoms with Crippen LogP contribution in [0.25, 0.3) is 0 Å². The van der Waals surface area contributed by atoms with Crippen molar-refractivity contribution in [3.05, 3.63) is 29.3 Å². The lowest BCUT2D eigenvalue weighted by molar-refractivity contribution is 0.300. The van der Waals surface area contributed by atoms with Gasteiger partial charge in [0, 0.05) is 6.54 Å². The third kappa shape index (κ3) is 3.67. The van der Waals surface area contributed by atoms with Gasteiger partial charge in [0.15, 0.2) is 11.5 Å². The highest BCUT2D eigenvalue weighted by atomic mass is 16.5. The second-order valence-corrected chi connectivity index (χ2v) is 4.13. The number of hydrogen-bond donors (Lipinski definition) is 1. The molecular weight excluding hydrogens is 230 g/mol. The van der Waals surface area contributed by atoms with Crippen LogP contribution in [-0.4, -0.2) is 20.8 Å². The summed E-state index contributed by atoms with van der Waals surface area (Å²) in [6.45, 7) is 4.96. The van der Waals surface area contributed by atoms with Crippen molar-refractivity contribution in [1.82, 2.24) is 0 Å². The average molecular weight is 251 g/mol. The Hall–Kier alpha value is -1.68. The summed E-state index contributed by atoms with van der Waals surface area (Å²) in [5.74, 6) is 1.88. The predicted octanol–water partition coefficient (Wildman–Crippen LogP) is 2.51. The first kappa shape index (κ1) is 14.4. The van der Waals surface area contributed by atoms with Crippen LogP contribution in [-0.2, 0) is 6.54 Å². The first-order valence-electron chi connectivity index (χ1n) is 5.83. The van der Waals surface area contributed by atoms with Gasteiger partial charge in [0.2, 0.25) is 5.75 Å². The van der Waals surface area contributed by atoms with E-state index >= 15 is 0 Å². The molecule has 0 radical (unpaired) electrons. The Bertz CT molecular complexity index is 398. The van der Waals surface area contributed by atoms with Gasteiger partial charge in [-0.15, -0.1) is 0 Å². The van der Waals surface area contributed by atoms with Crippen molar-refractivity contribution >= 4 is 0 Å². The van der Waals surface area contributed by atoms with Crippen molar-refractivity contribution in [3.8, 4) is 17.2 Å². The monoisotopic (exact) mass is 251 g/mol. The molecule has 2 N–H and O–H groups in total. The number of nitrogens with two attached hydrogens (primary N) is 1. The molecule has 100 valence electrons. The van der Waals surface area contributed by atoms with Crippen LogP contribution >= 0.6 is 0 Å². The third-order valence-corrected chi connectivity index (χ3v) is 2.48. The molecule has 0 aliphatic carbocycles. The zero-order valence-corrected chi connectivity index (χ0v) is 11.4. The zero-order chi connectivity index (χ0) is 13.5. The van der Waals surface area contributed by atoms with Crippen LogP contribution in [0.3, 0.4) is 0 Å². The average Bonchev–Trinajstić information content (AvgIpc) is 2.37. The SMILES string of the molecule is COc1cc(CN)cc(OC)c1OCC=C(C)C. The summed E-state index contributed by atoms with van der Waals surface area (Å²) in [4.78, 5) is 0. The van der Waals surface area contributed by atoms with Crippen LogP contribution < -0.4 is 19.9 Å². The molecule has 0 aromatic heterocycles. The quantitative estimate of drug-likeness (QED) is 0.789. The Balaban J connectivity index is 3.03. The molecule has 0 amide bonds. The molecule has 0 bridgehead atoms. The lowest BCUT2D eigenvalue weighted by atomic mass is 10.2. The summed E-state index contributed by atoms with van der Waals surface area (Å²) in [5.41, 5.74) is 7.77. The van der Waals surface area contributed by atoms with Crippen LogP contribution in [0.15, 0.2) is 23.8 Å². The third-order valence-electron chi connectivity index (χ3n) is 2.48. The normalized spacial score (nSPS) is 9.83. The number of allylic oxidation sites excluding steroid dienone is 1. The Morgan fingerprint density at radius 2 is 1.72 bits per heavy atom. The molecule has 1 aromatic rings. The van der Waals surface area contributed by atoms with E-state index in [0.29, 0.717) is 30.4 Å². The van der Waals surface area contributed by atoms with Crippen LogP contribution in [0.5, 0.6) is 17.2 Å². The lowest BCUT2D eigenvalue weighted by Gasteiger charge is -2.15. The predicted molar refractivity (Wildman–Crippen MR) is 72.4 cm³/mol. The maximum absolute atomic E-state index is 5.69. The van der Waals surface area contributed by atoms with Crippen molar-refractivity contribution in [3.63, 3.8) is 0 Å². The first-order valence-corrected chi connectivity index (χ1v) is 5.83. The molecule has 1 rings (SSSR count). The summed E-state index contributed by atoms with van der Waals surface area (Å²) >= 11 is 0. The van der Waals surface area contributed by atoms with Gasteiger partial charge in [0.1, 0.15) is 6.61 Å². The Labute approximate surface area is 108 Å². The van der Waals surface area contributed by atoms with Crippen LogP contribution in [0, 0.1) is 0 Å². The second-order valence-electron chi connectivity index (χ2n) is 4.13. The zero-order valence-electron chi connectivity index (χ0n) is 11.4. The minimum atomic E-state index is 0.432. The summed E-state index contributed by atoms with van der Waals surface area (Å²) in [5, 5.41) is 0. The van der Waals surface area contributed by atoms with E-state index in [2.05, 4.69) is 0 Å². The molecule has 0 aliphatic rings. The van der Waals surface area contributed by atoms with E-state index in [1.54, 1.807) is 14.2 Å². The molecular formula is C14H21NO3. The molecule has 0 heterocycles. The molecule has 4 heteroatoms. The smallest absolute Gasteiger partial charge is 0.203 e. The molecule has 1 aromatic carbocycles. The van der Waals surface area contributed by atoms with Gasteiger partial charge in [-0.1, -0.05) is 5.57 Å². The van der Waals surface area contributed by atoms with Crippen molar-refractivity contribution in [2.45, 2.75) is 20.4 Å². The molecule has 4 nitrogen and oxygen atoms in total. The Morgan fingerprint density at radius 3 is 2.11 bits per heavy atom. The maximum Gasteiger partial charge on any atom is 0.203 e. The van der Waals surface area contributed by atoms with Crippen LogP contribution in [0.4, 0.5) is 0 Å². The van der Waals surface area contributed by atoms with Gasteiger partial charge in [0.25, 0.3) is 0 Å². The molecule has 0 unspecified atom stereocenters. The van der Waals surface area contributed by atoms with Crippen molar-refractivity contribution in [1.29, 1.82) is 0 Å². The molecule has 18 heavy (non-hydrogen) atoms. The fraction of sp³-hybridized carbons (Fsp3) is 0.429. The van der Waals surface area contributed by atoms with E-state index in [0.717, 1.165) is 5.56 Å². The minimum Gasteiger partial charge on any atom is -0.493 e. The number of methoxy groups -OCH3 is 2. The maximum atomic E-state index is 5.69. The topological polar surface area (TPSA) is 53.7 Å². The van der Waals surface area contributed by atoms with Gasteiger partial charge in [0.05, 0.1) is 14.2 Å². The highest BCUT2D eigenvalue weighted by molar-refractivity contribution is 5.53. The molecule has 0 saturated carbocycles. The van der Waals surface area contributed by atoms with E-state index in [1.807, 2.05) is 32.1 Å². The summed E-state index contributed by atoms with van der Waals surface area (Å²) in [6.07, 6.45) is 2.00. The van der Waals surface area contributed by atoms with Gasteiger partial charge >= 0.3 is 0 Å². The van der Waals surface area contributed by atoms with Gasteiger partial charge < -0.3 is 19.9 Å². The van der Waals surface area contributed by atoms with E-state index < -0.39 is 0 Å². The summed E-state index contributed by atoms with van der Waals surface area (Å²) in [6, 6.07) is 3.72. The second kappa shape index (κ2) is 6.91. The van der Waals surface area contributed by atoms with Gasteiger partial charge in [-0.05, 0) is 37.6 Å². The minimum absolute atomic E-state index is 0.432. The standard InChI is InChI=1S/C14H21NO3/c1-10(2)5-6-18-14-12(16-3)7-11(9-15)8-13(14)17-4/h5,7-8H,6,9,15H2,1-4H3. The number of rotatable bonds is 6. The molecule has 0 fully saturated rings. The van der Waals surface area contributed by atoms with E-state index in [4.69, 9.17) is 19.9 Å². The summed E-state index contributed by atoms with van der Waals surface area (Å²) in [7, 11) is 3.20. The Morgan fingerprint density at radius 1 is 1.17 bits per heavy atom. The van der Waals surface area contributed by atoms with Gasteiger partial charge in [-0.3, -0.25) is 0 Å². The van der Waals surface area contributed by atoms with Crippen molar-refractivity contribution in [2.24, 2.45) is 5.73 Å². The van der Waals surface area contributed by atoms with Crippen LogP contribution in [0.2, 0.25) is 0 Å². The van der Waals surface area contributed by atoms with Crippen molar-refractivity contribution < 1.29 is 14.2 Å². The molecule has 0 spiro atoms. The first-order chi connectivity index (χ1) is 8.62. The van der Waals surface area contributed by atoms with E-state index in [-0.39, 0.29) is 0 Å². The molecule has 0 saturated heterocycles. The summed E-state index contributed by atoms with van der Waals surface area (Å²) < 4.78 is 16.3. The van der Waals surface area contributed by atoms with Crippen molar-refractivity contribution in [2.75, 3.05) is 20.8 Å². The van der Waals surface area contributed by atoms with Gasteiger partial charge in [-0.25, -0.2) is 0 Å². The molecule has 0 aliphatic heterocycles. The van der Waals surface area contributed by atoms with E-state index in [1.165, 1.54) is 5.57 Å². The Kier molecular flexibility index (Phi) is 5.52. The highest BCUT2D eigenvalue weighted by Crippen LogP contribution is 2.38. The lowest BCUT2D eigenvalue weighted by Crippen LogP contribution is -2.03.